The van der Waals surface area contributed by atoms with Gasteiger partial charge in [-0.25, -0.2) is 0 Å². The Morgan fingerprint density at radius 1 is 1.55 bits per heavy atom. The van der Waals surface area contributed by atoms with Gasteiger partial charge in [0.2, 0.25) is 0 Å². The van der Waals surface area contributed by atoms with E-state index in [1.165, 1.54) is 20.1 Å². The minimum Gasteiger partial charge on any atom is -0.548 e. The molecule has 2 rings (SSSR count). The van der Waals surface area contributed by atoms with Gasteiger partial charge in [-0.15, -0.1) is 0 Å². The first kappa shape index (κ1) is 16.3. The van der Waals surface area contributed by atoms with Crippen molar-refractivity contribution >= 4 is 46.3 Å². The number of phenolic OH excluding ortho intramolecular Hbond substituents is 1. The molecule has 1 aromatic rings. The van der Waals surface area contributed by atoms with Crippen molar-refractivity contribution < 1.29 is 24.5 Å². The summed E-state index contributed by atoms with van der Waals surface area (Å²) in [5, 5.41) is 20.5. The molecular formula is C14H12NO5S2-. The molecule has 0 aromatic heterocycles. The largest absolute Gasteiger partial charge is 0.548 e. The summed E-state index contributed by atoms with van der Waals surface area (Å²) in [5.74, 6) is -1.60. The number of thioether (sulfide) groups is 1. The first-order valence-electron chi connectivity index (χ1n) is 6.20. The standard InChI is InChI=1S/C14H13NO5S2/c1-7(13(18)19)15-12(17)11(22-14(15)21)6-8-3-4-9(16)10(5-8)20-2/h3-7,16H,1-2H3,(H,18,19)/p-1. The fourth-order valence-electron chi connectivity index (χ4n) is 1.85. The second-order valence-corrected chi connectivity index (χ2v) is 6.15. The Morgan fingerprint density at radius 2 is 2.23 bits per heavy atom. The lowest BCUT2D eigenvalue weighted by molar-refractivity contribution is -0.309. The van der Waals surface area contributed by atoms with E-state index >= 15 is 0 Å². The van der Waals surface area contributed by atoms with Crippen molar-refractivity contribution in [2.24, 2.45) is 0 Å². The lowest BCUT2D eigenvalue weighted by Crippen LogP contribution is -2.48. The molecule has 1 aliphatic rings. The van der Waals surface area contributed by atoms with Crippen LogP contribution in [0, 0.1) is 0 Å². The van der Waals surface area contributed by atoms with Gasteiger partial charge in [-0.05, 0) is 30.7 Å². The molecule has 1 aromatic carbocycles. The summed E-state index contributed by atoms with van der Waals surface area (Å²) in [4.78, 5) is 24.5. The molecule has 1 saturated heterocycles. The van der Waals surface area contributed by atoms with E-state index in [0.29, 0.717) is 10.5 Å². The molecule has 0 saturated carbocycles. The van der Waals surface area contributed by atoms with E-state index in [0.717, 1.165) is 16.7 Å². The number of carboxylic acid groups (broad SMARTS) is 1. The van der Waals surface area contributed by atoms with E-state index in [-0.39, 0.29) is 15.8 Å². The van der Waals surface area contributed by atoms with Crippen LogP contribution < -0.4 is 9.84 Å². The van der Waals surface area contributed by atoms with Gasteiger partial charge in [0.1, 0.15) is 4.32 Å². The van der Waals surface area contributed by atoms with Crippen molar-refractivity contribution in [2.75, 3.05) is 7.11 Å². The van der Waals surface area contributed by atoms with E-state index in [1.54, 1.807) is 18.2 Å². The van der Waals surface area contributed by atoms with Crippen LogP contribution in [0.1, 0.15) is 12.5 Å². The van der Waals surface area contributed by atoms with Gasteiger partial charge < -0.3 is 19.7 Å². The minimum absolute atomic E-state index is 0.0160. The quantitative estimate of drug-likeness (QED) is 0.640. The van der Waals surface area contributed by atoms with Gasteiger partial charge in [0.25, 0.3) is 5.91 Å². The number of hydrogen-bond donors (Lipinski definition) is 1. The monoisotopic (exact) mass is 338 g/mol. The highest BCUT2D eigenvalue weighted by atomic mass is 32.2. The van der Waals surface area contributed by atoms with Crippen LogP contribution in [0.25, 0.3) is 6.08 Å². The molecule has 6 nitrogen and oxygen atoms in total. The van der Waals surface area contributed by atoms with E-state index in [1.807, 2.05) is 0 Å². The van der Waals surface area contributed by atoms with Gasteiger partial charge in [0.05, 0.1) is 24.0 Å². The highest BCUT2D eigenvalue weighted by Crippen LogP contribution is 2.35. The summed E-state index contributed by atoms with van der Waals surface area (Å²) in [6.45, 7) is 1.34. The average molecular weight is 338 g/mol. The fourth-order valence-corrected chi connectivity index (χ4v) is 3.27. The maximum atomic E-state index is 12.3. The molecule has 0 radical (unpaired) electrons. The molecule has 0 spiro atoms. The smallest absolute Gasteiger partial charge is 0.266 e. The number of nitrogens with zero attached hydrogens (tertiary/aromatic N) is 1. The Morgan fingerprint density at radius 3 is 2.82 bits per heavy atom. The van der Waals surface area contributed by atoms with E-state index in [2.05, 4.69) is 0 Å². The molecular weight excluding hydrogens is 326 g/mol. The highest BCUT2D eigenvalue weighted by Gasteiger charge is 2.35. The predicted molar refractivity (Wildman–Crippen MR) is 84.1 cm³/mol. The number of phenols is 1. The molecule has 1 fully saturated rings. The summed E-state index contributed by atoms with van der Waals surface area (Å²) in [6.07, 6.45) is 1.56. The summed E-state index contributed by atoms with van der Waals surface area (Å²) in [5.41, 5.74) is 0.622. The second-order valence-electron chi connectivity index (χ2n) is 4.48. The number of methoxy groups -OCH3 is 1. The Kier molecular flexibility index (Phi) is 4.72. The Labute approximate surface area is 136 Å². The number of carbonyl (C=O) groups excluding carboxylic acids is 2. The van der Waals surface area contributed by atoms with E-state index < -0.39 is 17.9 Å². The maximum absolute atomic E-state index is 12.3. The molecule has 0 aliphatic carbocycles. The number of hydrogen-bond acceptors (Lipinski definition) is 7. The maximum Gasteiger partial charge on any atom is 0.266 e. The zero-order valence-electron chi connectivity index (χ0n) is 11.7. The van der Waals surface area contributed by atoms with Gasteiger partial charge in [-0.2, -0.15) is 0 Å². The molecule has 0 bridgehead atoms. The topological polar surface area (TPSA) is 89.9 Å². The third-order valence-electron chi connectivity index (χ3n) is 3.05. The number of aromatic hydroxyl groups is 1. The molecule has 116 valence electrons. The Balaban J connectivity index is 2.32. The summed E-state index contributed by atoms with van der Waals surface area (Å²) >= 11 is 6.06. The zero-order valence-corrected chi connectivity index (χ0v) is 13.4. The Bertz CT molecular complexity index is 686. The van der Waals surface area contributed by atoms with Crippen LogP contribution in [-0.4, -0.2) is 39.4 Å². The van der Waals surface area contributed by atoms with Crippen LogP contribution in [0.15, 0.2) is 23.1 Å². The fraction of sp³-hybridized carbons (Fsp3) is 0.214. The number of carboxylic acids is 1. The number of aliphatic carboxylic acids is 1. The van der Waals surface area contributed by atoms with Gasteiger partial charge in [-0.1, -0.05) is 30.0 Å². The zero-order chi connectivity index (χ0) is 16.4. The predicted octanol–water partition coefficient (Wildman–Crippen LogP) is 0.740. The number of thiocarbonyl (C=S) groups is 1. The first-order chi connectivity index (χ1) is 10.3. The van der Waals surface area contributed by atoms with Crippen molar-refractivity contribution in [1.82, 2.24) is 4.90 Å². The lowest BCUT2D eigenvalue weighted by Gasteiger charge is -2.23. The van der Waals surface area contributed by atoms with Gasteiger partial charge in [-0.3, -0.25) is 9.69 Å². The molecule has 1 unspecified atom stereocenters. The first-order valence-corrected chi connectivity index (χ1v) is 7.42. The third-order valence-corrected chi connectivity index (χ3v) is 4.38. The normalized spacial score (nSPS) is 17.9. The average Bonchev–Trinajstić information content (AvgIpc) is 2.74. The van der Waals surface area contributed by atoms with Crippen LogP contribution in [0.2, 0.25) is 0 Å². The second kappa shape index (κ2) is 6.37. The molecule has 22 heavy (non-hydrogen) atoms. The SMILES string of the molecule is COc1cc(C=C2SC(=S)N(C(C)C(=O)[O-])C2=O)ccc1O. The summed E-state index contributed by atoms with van der Waals surface area (Å²) in [7, 11) is 1.42. The van der Waals surface area contributed by atoms with Crippen molar-refractivity contribution in [2.45, 2.75) is 13.0 Å². The number of ether oxygens (including phenoxy) is 1. The number of carbonyl (C=O) groups is 2. The molecule has 1 aliphatic heterocycles. The van der Waals surface area contributed by atoms with Crippen LogP contribution >= 0.6 is 24.0 Å². The van der Waals surface area contributed by atoms with Gasteiger partial charge in [0, 0.05) is 0 Å². The van der Waals surface area contributed by atoms with Crippen LogP contribution in [0.5, 0.6) is 11.5 Å². The summed E-state index contributed by atoms with van der Waals surface area (Å²) < 4.78 is 5.16. The van der Waals surface area contributed by atoms with E-state index in [9.17, 15) is 19.8 Å². The van der Waals surface area contributed by atoms with Crippen LogP contribution in [-0.2, 0) is 9.59 Å². The lowest BCUT2D eigenvalue weighted by atomic mass is 10.2. The Hall–Kier alpha value is -2.06. The van der Waals surface area contributed by atoms with Crippen molar-refractivity contribution in [1.29, 1.82) is 0 Å². The number of benzene rings is 1. The number of amides is 1. The van der Waals surface area contributed by atoms with Crippen LogP contribution in [0.3, 0.4) is 0 Å². The van der Waals surface area contributed by atoms with E-state index in [4.69, 9.17) is 17.0 Å². The van der Waals surface area contributed by atoms with Gasteiger partial charge >= 0.3 is 0 Å². The highest BCUT2D eigenvalue weighted by molar-refractivity contribution is 8.26. The van der Waals surface area contributed by atoms with Crippen molar-refractivity contribution in [3.63, 3.8) is 0 Å². The summed E-state index contributed by atoms with van der Waals surface area (Å²) in [6, 6.07) is 3.47. The van der Waals surface area contributed by atoms with Crippen LogP contribution in [0.4, 0.5) is 0 Å². The molecule has 1 heterocycles. The molecule has 1 amide bonds. The van der Waals surface area contributed by atoms with Gasteiger partial charge in [0.15, 0.2) is 11.5 Å². The third kappa shape index (κ3) is 3.07. The van der Waals surface area contributed by atoms with Crippen molar-refractivity contribution in [3.8, 4) is 11.5 Å². The minimum atomic E-state index is -1.37. The molecule has 1 N–H and O–H groups in total. The molecule has 1 atom stereocenters. The van der Waals surface area contributed by atoms with Crippen molar-refractivity contribution in [3.05, 3.63) is 28.7 Å². The molecule has 8 heteroatoms. The number of rotatable bonds is 4.